The minimum atomic E-state index is -0.923. The van der Waals surface area contributed by atoms with Crippen LogP contribution in [0.2, 0.25) is 0 Å². The molecule has 2 aromatic heterocycles. The minimum Gasteiger partial charge on any atom is -0.478 e. The average Bonchev–Trinajstić information content (AvgIpc) is 2.99. The molecule has 0 unspecified atom stereocenters. The van der Waals surface area contributed by atoms with E-state index in [0.29, 0.717) is 23.1 Å². The zero-order valence-electron chi connectivity index (χ0n) is 9.41. The molecule has 3 rings (SSSR count). The molecule has 0 aliphatic heterocycles. The number of rotatable bonds is 3. The molecule has 4 nitrogen and oxygen atoms in total. The lowest BCUT2D eigenvalue weighted by Gasteiger charge is -2.04. The lowest BCUT2D eigenvalue weighted by Crippen LogP contribution is -2.03. The monoisotopic (exact) mass is 258 g/mol. The molecule has 0 amide bonds. The van der Waals surface area contributed by atoms with Gasteiger partial charge in [0.25, 0.3) is 0 Å². The number of carboxylic acids is 1. The topological polar surface area (TPSA) is 55.1 Å². The maximum atomic E-state index is 11.2. The molecule has 0 radical (unpaired) electrons. The number of imidazole rings is 1. The van der Waals surface area contributed by atoms with Gasteiger partial charge in [0.1, 0.15) is 0 Å². The van der Waals surface area contributed by atoms with Gasteiger partial charge >= 0.3 is 5.97 Å². The van der Waals surface area contributed by atoms with Crippen LogP contribution in [-0.4, -0.2) is 20.6 Å². The van der Waals surface area contributed by atoms with Gasteiger partial charge in [0.2, 0.25) is 0 Å². The Hall–Kier alpha value is -2.14. The SMILES string of the molecule is O=C(O)c1cccc2ncn(Cc3ccsc3)c12. The average molecular weight is 258 g/mol. The van der Waals surface area contributed by atoms with E-state index in [1.54, 1.807) is 29.8 Å². The van der Waals surface area contributed by atoms with Gasteiger partial charge in [-0.3, -0.25) is 0 Å². The summed E-state index contributed by atoms with van der Waals surface area (Å²) in [6, 6.07) is 7.18. The molecule has 0 saturated carbocycles. The predicted octanol–water partition coefficient (Wildman–Crippen LogP) is 2.84. The Morgan fingerprint density at radius 2 is 2.28 bits per heavy atom. The van der Waals surface area contributed by atoms with Crippen LogP contribution in [0.3, 0.4) is 0 Å². The molecule has 3 aromatic rings. The van der Waals surface area contributed by atoms with Crippen molar-refractivity contribution in [2.24, 2.45) is 0 Å². The molecule has 0 atom stereocenters. The van der Waals surface area contributed by atoms with Gasteiger partial charge in [-0.1, -0.05) is 6.07 Å². The summed E-state index contributed by atoms with van der Waals surface area (Å²) in [6.07, 6.45) is 1.69. The second kappa shape index (κ2) is 4.27. The van der Waals surface area contributed by atoms with Crippen LogP contribution in [0.5, 0.6) is 0 Å². The van der Waals surface area contributed by atoms with E-state index in [1.807, 2.05) is 22.1 Å². The van der Waals surface area contributed by atoms with Gasteiger partial charge in [-0.2, -0.15) is 11.3 Å². The highest BCUT2D eigenvalue weighted by molar-refractivity contribution is 7.07. The number of nitrogens with zero attached hydrogens (tertiary/aromatic N) is 2. The van der Waals surface area contributed by atoms with Crippen molar-refractivity contribution in [3.63, 3.8) is 0 Å². The van der Waals surface area contributed by atoms with E-state index in [-0.39, 0.29) is 0 Å². The number of benzene rings is 1. The van der Waals surface area contributed by atoms with E-state index in [2.05, 4.69) is 10.4 Å². The predicted molar refractivity (Wildman–Crippen MR) is 70.1 cm³/mol. The zero-order valence-corrected chi connectivity index (χ0v) is 10.2. The first-order chi connectivity index (χ1) is 8.75. The molecule has 90 valence electrons. The van der Waals surface area contributed by atoms with Crippen molar-refractivity contribution >= 4 is 28.3 Å². The Bertz CT molecular complexity index is 701. The van der Waals surface area contributed by atoms with Crippen LogP contribution in [0, 0.1) is 0 Å². The normalized spacial score (nSPS) is 10.9. The third-order valence-corrected chi connectivity index (χ3v) is 3.53. The summed E-state index contributed by atoms with van der Waals surface area (Å²) in [7, 11) is 0. The molecule has 0 aliphatic carbocycles. The second-order valence-electron chi connectivity index (χ2n) is 3.98. The number of hydrogen-bond donors (Lipinski definition) is 1. The molecule has 18 heavy (non-hydrogen) atoms. The van der Waals surface area contributed by atoms with Crippen molar-refractivity contribution in [2.75, 3.05) is 0 Å². The number of aromatic carboxylic acids is 1. The van der Waals surface area contributed by atoms with E-state index >= 15 is 0 Å². The van der Waals surface area contributed by atoms with Crippen molar-refractivity contribution in [1.29, 1.82) is 0 Å². The van der Waals surface area contributed by atoms with Crippen molar-refractivity contribution in [2.45, 2.75) is 6.54 Å². The number of aromatic nitrogens is 2. The molecule has 1 N–H and O–H groups in total. The summed E-state index contributed by atoms with van der Waals surface area (Å²) in [6.45, 7) is 0.643. The van der Waals surface area contributed by atoms with Crippen molar-refractivity contribution in [3.8, 4) is 0 Å². The fraction of sp³-hybridized carbons (Fsp3) is 0.0769. The van der Waals surface area contributed by atoms with Gasteiger partial charge in [-0.05, 0) is 34.5 Å². The van der Waals surface area contributed by atoms with E-state index in [9.17, 15) is 9.90 Å². The largest absolute Gasteiger partial charge is 0.478 e. The summed E-state index contributed by atoms with van der Waals surface area (Å²) in [5.41, 5.74) is 2.83. The second-order valence-corrected chi connectivity index (χ2v) is 4.76. The molecule has 5 heteroatoms. The van der Waals surface area contributed by atoms with E-state index in [4.69, 9.17) is 0 Å². The van der Waals surface area contributed by atoms with Crippen LogP contribution in [-0.2, 0) is 6.54 Å². The lowest BCUT2D eigenvalue weighted by atomic mass is 10.2. The van der Waals surface area contributed by atoms with Gasteiger partial charge in [-0.15, -0.1) is 0 Å². The summed E-state index contributed by atoms with van der Waals surface area (Å²) < 4.78 is 1.88. The molecule has 2 heterocycles. The molecule has 0 bridgehead atoms. The summed E-state index contributed by atoms with van der Waals surface area (Å²) >= 11 is 1.63. The van der Waals surface area contributed by atoms with Gasteiger partial charge in [0, 0.05) is 6.54 Å². The van der Waals surface area contributed by atoms with Crippen LogP contribution >= 0.6 is 11.3 Å². The van der Waals surface area contributed by atoms with E-state index in [0.717, 1.165) is 5.56 Å². The molecule has 0 aliphatic rings. The Morgan fingerprint density at radius 3 is 3.00 bits per heavy atom. The first-order valence-corrected chi connectivity index (χ1v) is 6.38. The Labute approximate surface area is 107 Å². The highest BCUT2D eigenvalue weighted by Crippen LogP contribution is 2.20. The molecule has 0 saturated heterocycles. The first kappa shape index (κ1) is 11.0. The number of carboxylic acid groups (broad SMARTS) is 1. The van der Waals surface area contributed by atoms with Gasteiger partial charge in [0.15, 0.2) is 0 Å². The molecule has 1 aromatic carbocycles. The van der Waals surface area contributed by atoms with E-state index in [1.165, 1.54) is 0 Å². The number of thiophene rings is 1. The van der Waals surface area contributed by atoms with Crippen LogP contribution in [0.4, 0.5) is 0 Å². The third kappa shape index (κ3) is 1.78. The summed E-state index contributed by atoms with van der Waals surface area (Å²) in [4.78, 5) is 15.5. The van der Waals surface area contributed by atoms with Gasteiger partial charge in [0.05, 0.1) is 22.9 Å². The van der Waals surface area contributed by atoms with Crippen LogP contribution in [0.15, 0.2) is 41.4 Å². The quantitative estimate of drug-likeness (QED) is 0.786. The fourth-order valence-corrected chi connectivity index (χ4v) is 2.66. The van der Waals surface area contributed by atoms with Crippen molar-refractivity contribution in [1.82, 2.24) is 9.55 Å². The maximum Gasteiger partial charge on any atom is 0.337 e. The number of carbonyl (C=O) groups is 1. The Balaban J connectivity index is 2.15. The van der Waals surface area contributed by atoms with Crippen LogP contribution in [0.1, 0.15) is 15.9 Å². The lowest BCUT2D eigenvalue weighted by molar-refractivity contribution is 0.0698. The zero-order chi connectivity index (χ0) is 12.5. The Kier molecular flexibility index (Phi) is 2.60. The van der Waals surface area contributed by atoms with Gasteiger partial charge < -0.3 is 9.67 Å². The van der Waals surface area contributed by atoms with Crippen molar-refractivity contribution in [3.05, 3.63) is 52.5 Å². The molecular weight excluding hydrogens is 248 g/mol. The molecule has 0 fully saturated rings. The highest BCUT2D eigenvalue weighted by atomic mass is 32.1. The van der Waals surface area contributed by atoms with E-state index < -0.39 is 5.97 Å². The van der Waals surface area contributed by atoms with Crippen LogP contribution in [0.25, 0.3) is 11.0 Å². The van der Waals surface area contributed by atoms with Crippen molar-refractivity contribution < 1.29 is 9.90 Å². The number of fused-ring (bicyclic) bond motifs is 1. The highest BCUT2D eigenvalue weighted by Gasteiger charge is 2.13. The summed E-state index contributed by atoms with van der Waals surface area (Å²) in [5, 5.41) is 13.3. The minimum absolute atomic E-state index is 0.292. The fourth-order valence-electron chi connectivity index (χ4n) is 2.00. The number of para-hydroxylation sites is 1. The third-order valence-electron chi connectivity index (χ3n) is 2.80. The smallest absolute Gasteiger partial charge is 0.337 e. The van der Waals surface area contributed by atoms with Crippen LogP contribution < -0.4 is 0 Å². The standard InChI is InChI=1S/C13H10N2O2S/c16-13(17)10-2-1-3-11-12(10)15(8-14-11)6-9-4-5-18-7-9/h1-5,7-8H,6H2,(H,16,17). The summed E-state index contributed by atoms with van der Waals surface area (Å²) in [5.74, 6) is -0.923. The Morgan fingerprint density at radius 1 is 1.39 bits per heavy atom. The molecular formula is C13H10N2O2S. The van der Waals surface area contributed by atoms with Gasteiger partial charge in [-0.25, -0.2) is 9.78 Å². The number of hydrogen-bond acceptors (Lipinski definition) is 3. The maximum absolute atomic E-state index is 11.2. The molecule has 0 spiro atoms. The first-order valence-electron chi connectivity index (χ1n) is 5.44.